The van der Waals surface area contributed by atoms with Crippen LogP contribution in [-0.2, 0) is 10.0 Å². The predicted octanol–water partition coefficient (Wildman–Crippen LogP) is 0.355. The maximum atomic E-state index is 12.8. The van der Waals surface area contributed by atoms with E-state index in [4.69, 9.17) is 15.0 Å². The summed E-state index contributed by atoms with van der Waals surface area (Å²) in [5.74, 6) is -0.157. The second-order valence-corrected chi connectivity index (χ2v) is 7.30. The molecule has 1 atom stereocenters. The van der Waals surface area contributed by atoms with Gasteiger partial charge in [-0.25, -0.2) is 8.42 Å². The van der Waals surface area contributed by atoms with Crippen LogP contribution < -0.4 is 10.5 Å². The normalized spacial score (nSPS) is 18.6. The van der Waals surface area contributed by atoms with E-state index in [-0.39, 0.29) is 28.7 Å². The van der Waals surface area contributed by atoms with Crippen molar-refractivity contribution >= 4 is 15.9 Å². The zero-order valence-corrected chi connectivity index (χ0v) is 13.7. The molecule has 0 aliphatic carbocycles. The van der Waals surface area contributed by atoms with Gasteiger partial charge in [0.2, 0.25) is 16.4 Å². The Balaban J connectivity index is 1.89. The molecule has 2 aromatic rings. The van der Waals surface area contributed by atoms with Crippen molar-refractivity contribution in [3.63, 3.8) is 0 Å². The smallest absolute Gasteiger partial charge is 0.252 e. The van der Waals surface area contributed by atoms with E-state index in [0.717, 1.165) is 0 Å². The Kier molecular flexibility index (Phi) is 4.24. The van der Waals surface area contributed by atoms with Gasteiger partial charge in [-0.3, -0.25) is 4.79 Å². The number of rotatable bonds is 5. The Hall–Kier alpha value is -2.46. The predicted molar refractivity (Wildman–Crippen MR) is 81.9 cm³/mol. The fraction of sp³-hybridized carbons (Fsp3) is 0.357. The maximum Gasteiger partial charge on any atom is 0.252 e. The molecule has 1 aromatic heterocycles. The van der Waals surface area contributed by atoms with Crippen LogP contribution in [0, 0.1) is 0 Å². The summed E-state index contributed by atoms with van der Waals surface area (Å²) >= 11 is 0. The van der Waals surface area contributed by atoms with E-state index in [9.17, 15) is 13.2 Å². The molecular weight excluding hydrogens is 336 g/mol. The number of sulfonamides is 1. The highest BCUT2D eigenvalue weighted by Gasteiger charge is 2.35. The van der Waals surface area contributed by atoms with Crippen molar-refractivity contribution in [2.24, 2.45) is 5.73 Å². The van der Waals surface area contributed by atoms with Crippen LogP contribution in [0.3, 0.4) is 0 Å². The molecule has 1 amide bonds. The summed E-state index contributed by atoms with van der Waals surface area (Å²) in [5.41, 5.74) is 5.31. The van der Waals surface area contributed by atoms with Gasteiger partial charge >= 0.3 is 0 Å². The highest BCUT2D eigenvalue weighted by atomic mass is 32.2. The quantitative estimate of drug-likeness (QED) is 0.822. The van der Waals surface area contributed by atoms with E-state index in [0.29, 0.717) is 18.8 Å². The molecule has 0 spiro atoms. The highest BCUT2D eigenvalue weighted by molar-refractivity contribution is 7.89. The van der Waals surface area contributed by atoms with E-state index in [2.05, 4.69) is 10.1 Å². The number of methoxy groups -OCH3 is 1. The molecule has 128 valence electrons. The lowest BCUT2D eigenvalue weighted by Crippen LogP contribution is -2.29. The van der Waals surface area contributed by atoms with Gasteiger partial charge in [0, 0.05) is 19.0 Å². The summed E-state index contributed by atoms with van der Waals surface area (Å²) in [7, 11) is -2.38. The van der Waals surface area contributed by atoms with Crippen LogP contribution in [0.1, 0.15) is 28.5 Å². The van der Waals surface area contributed by atoms with Gasteiger partial charge in [-0.1, -0.05) is 5.16 Å². The summed E-state index contributed by atoms with van der Waals surface area (Å²) in [5, 5.41) is 3.76. The van der Waals surface area contributed by atoms with Gasteiger partial charge < -0.3 is 15.0 Å². The number of benzene rings is 1. The Morgan fingerprint density at radius 3 is 2.88 bits per heavy atom. The minimum Gasteiger partial charge on any atom is -0.496 e. The molecule has 0 unspecified atom stereocenters. The lowest BCUT2D eigenvalue weighted by atomic mass is 10.1. The van der Waals surface area contributed by atoms with Crippen molar-refractivity contribution in [2.75, 3.05) is 20.2 Å². The fourth-order valence-electron chi connectivity index (χ4n) is 2.71. The average Bonchev–Trinajstić information content (AvgIpc) is 3.25. The zero-order valence-electron chi connectivity index (χ0n) is 12.9. The molecule has 1 aromatic carbocycles. The summed E-state index contributed by atoms with van der Waals surface area (Å²) in [6, 6.07) is 4.04. The number of nitrogens with two attached hydrogens (primary N) is 1. The molecule has 2 heterocycles. The number of primary amides is 1. The molecule has 9 nitrogen and oxygen atoms in total. The van der Waals surface area contributed by atoms with Crippen molar-refractivity contribution in [3.05, 3.63) is 36.0 Å². The van der Waals surface area contributed by atoms with E-state index in [1.54, 1.807) is 0 Å². The third kappa shape index (κ3) is 2.85. The van der Waals surface area contributed by atoms with Crippen molar-refractivity contribution in [1.29, 1.82) is 0 Å². The highest BCUT2D eigenvalue weighted by Crippen LogP contribution is 2.31. The van der Waals surface area contributed by atoms with Crippen LogP contribution in [-0.4, -0.2) is 49.0 Å². The molecule has 1 aliphatic heterocycles. The second kappa shape index (κ2) is 6.21. The third-order valence-corrected chi connectivity index (χ3v) is 5.83. The molecule has 24 heavy (non-hydrogen) atoms. The van der Waals surface area contributed by atoms with Crippen molar-refractivity contribution in [2.45, 2.75) is 17.2 Å². The summed E-state index contributed by atoms with van der Waals surface area (Å²) in [4.78, 5) is 15.5. The molecule has 1 aliphatic rings. The summed E-state index contributed by atoms with van der Waals surface area (Å²) < 4.78 is 36.7. The topological polar surface area (TPSA) is 129 Å². The van der Waals surface area contributed by atoms with Gasteiger partial charge in [-0.05, 0) is 24.6 Å². The minimum atomic E-state index is -3.76. The first kappa shape index (κ1) is 16.4. The summed E-state index contributed by atoms with van der Waals surface area (Å²) in [6.07, 6.45) is 1.81. The number of aromatic nitrogens is 2. The van der Waals surface area contributed by atoms with Crippen molar-refractivity contribution < 1.29 is 22.5 Å². The molecule has 0 radical (unpaired) electrons. The molecule has 3 rings (SSSR count). The first-order valence-electron chi connectivity index (χ1n) is 7.17. The first-order chi connectivity index (χ1) is 11.4. The second-order valence-electron chi connectivity index (χ2n) is 5.36. The van der Waals surface area contributed by atoms with Crippen LogP contribution in [0.4, 0.5) is 0 Å². The molecule has 0 saturated carbocycles. The van der Waals surface area contributed by atoms with Crippen LogP contribution >= 0.6 is 0 Å². The number of nitrogens with zero attached hydrogens (tertiary/aromatic N) is 3. The molecule has 1 fully saturated rings. The standard InChI is InChI=1S/C14H16N4O5S/c1-22-12-3-2-10(6-11(12)13(15)19)24(20,21)18-5-4-9(7-18)14-16-8-23-17-14/h2-3,6,8-9H,4-5,7H2,1H3,(H2,15,19)/t9-/m0/s1. The van der Waals surface area contributed by atoms with Gasteiger partial charge in [-0.15, -0.1) is 0 Å². The van der Waals surface area contributed by atoms with Crippen molar-refractivity contribution in [1.82, 2.24) is 14.4 Å². The van der Waals surface area contributed by atoms with Crippen LogP contribution in [0.15, 0.2) is 34.0 Å². The van der Waals surface area contributed by atoms with Crippen LogP contribution in [0.25, 0.3) is 0 Å². The lowest BCUT2D eigenvalue weighted by Gasteiger charge is -2.17. The van der Waals surface area contributed by atoms with E-state index >= 15 is 0 Å². The lowest BCUT2D eigenvalue weighted by molar-refractivity contribution is 0.0997. The van der Waals surface area contributed by atoms with Crippen molar-refractivity contribution in [3.8, 4) is 5.75 Å². The minimum absolute atomic E-state index is 0.00846. The Labute approximate surface area is 138 Å². The third-order valence-electron chi connectivity index (χ3n) is 3.97. The first-order valence-corrected chi connectivity index (χ1v) is 8.61. The molecular formula is C14H16N4O5S. The van der Waals surface area contributed by atoms with Gasteiger partial charge in [-0.2, -0.15) is 9.29 Å². The molecule has 0 bridgehead atoms. The van der Waals surface area contributed by atoms with Crippen LogP contribution in [0.5, 0.6) is 5.75 Å². The number of hydrogen-bond donors (Lipinski definition) is 1. The maximum absolute atomic E-state index is 12.8. The van der Waals surface area contributed by atoms with E-state index in [1.807, 2.05) is 0 Å². The fourth-order valence-corrected chi connectivity index (χ4v) is 4.23. The molecule has 2 N–H and O–H groups in total. The van der Waals surface area contributed by atoms with Gasteiger partial charge in [0.1, 0.15) is 5.75 Å². The SMILES string of the molecule is COc1ccc(S(=O)(=O)N2CC[C@H](c3ncon3)C2)cc1C(N)=O. The monoisotopic (exact) mass is 352 g/mol. The Bertz CT molecular complexity index is 850. The number of amides is 1. The summed E-state index contributed by atoms with van der Waals surface area (Å²) in [6.45, 7) is 0.583. The van der Waals surface area contributed by atoms with Gasteiger partial charge in [0.25, 0.3) is 5.91 Å². The largest absolute Gasteiger partial charge is 0.496 e. The van der Waals surface area contributed by atoms with E-state index in [1.165, 1.54) is 36.0 Å². The number of carbonyl (C=O) groups is 1. The average molecular weight is 352 g/mol. The van der Waals surface area contributed by atoms with E-state index < -0.39 is 15.9 Å². The zero-order chi connectivity index (χ0) is 17.3. The van der Waals surface area contributed by atoms with Gasteiger partial charge in [0.05, 0.1) is 17.6 Å². The number of carbonyl (C=O) groups excluding carboxylic acids is 1. The molecule has 10 heteroatoms. The Morgan fingerprint density at radius 2 is 2.25 bits per heavy atom. The van der Waals surface area contributed by atoms with Gasteiger partial charge in [0.15, 0.2) is 5.82 Å². The molecule has 1 saturated heterocycles. The van der Waals surface area contributed by atoms with Crippen LogP contribution in [0.2, 0.25) is 0 Å². The number of ether oxygens (including phenoxy) is 1. The number of hydrogen-bond acceptors (Lipinski definition) is 7. The Morgan fingerprint density at radius 1 is 1.46 bits per heavy atom.